The van der Waals surface area contributed by atoms with Crippen LogP contribution in [0.1, 0.15) is 21.5 Å². The van der Waals surface area contributed by atoms with E-state index < -0.39 is 0 Å². The van der Waals surface area contributed by atoms with Crippen LogP contribution in [0.15, 0.2) is 53.0 Å². The number of nitrogens with two attached hydrogens (primary N) is 1. The molecule has 0 aliphatic heterocycles. The van der Waals surface area contributed by atoms with E-state index in [2.05, 4.69) is 21.2 Å². The van der Waals surface area contributed by atoms with Gasteiger partial charge in [-0.25, -0.2) is 0 Å². The van der Waals surface area contributed by atoms with Gasteiger partial charge in [0.2, 0.25) is 0 Å². The molecule has 3 nitrogen and oxygen atoms in total. The van der Waals surface area contributed by atoms with E-state index in [1.807, 2.05) is 48.5 Å². The standard InChI is InChI=1S/C16H17BrN2O/c17-15-4-2-1-3-14(15)11-19-16(20)13-7-5-12(6-8-13)9-10-18/h1-8H,9-11,18H2,(H,19,20). The number of nitrogens with one attached hydrogen (secondary N) is 1. The van der Waals surface area contributed by atoms with Gasteiger partial charge in [-0.2, -0.15) is 0 Å². The van der Waals surface area contributed by atoms with Gasteiger partial charge in [0.1, 0.15) is 0 Å². The minimum absolute atomic E-state index is 0.0694. The molecule has 2 aromatic rings. The molecule has 2 aromatic carbocycles. The lowest BCUT2D eigenvalue weighted by atomic mass is 10.1. The van der Waals surface area contributed by atoms with Crippen molar-refractivity contribution in [1.29, 1.82) is 0 Å². The first-order valence-corrected chi connectivity index (χ1v) is 7.30. The summed E-state index contributed by atoms with van der Waals surface area (Å²) in [6.45, 7) is 1.12. The Morgan fingerprint density at radius 2 is 1.80 bits per heavy atom. The van der Waals surface area contributed by atoms with E-state index in [4.69, 9.17) is 5.73 Å². The first-order chi connectivity index (χ1) is 9.70. The third-order valence-electron chi connectivity index (χ3n) is 3.05. The zero-order valence-electron chi connectivity index (χ0n) is 11.1. The zero-order valence-corrected chi connectivity index (χ0v) is 12.7. The van der Waals surface area contributed by atoms with Gasteiger partial charge in [-0.1, -0.05) is 46.3 Å². The molecule has 3 N–H and O–H groups in total. The third-order valence-corrected chi connectivity index (χ3v) is 3.82. The van der Waals surface area contributed by atoms with Crippen LogP contribution in [0.3, 0.4) is 0 Å². The van der Waals surface area contributed by atoms with Gasteiger partial charge in [0.05, 0.1) is 0 Å². The van der Waals surface area contributed by atoms with Gasteiger partial charge in [-0.3, -0.25) is 4.79 Å². The fourth-order valence-electron chi connectivity index (χ4n) is 1.91. The summed E-state index contributed by atoms with van der Waals surface area (Å²) in [5.41, 5.74) is 8.37. The van der Waals surface area contributed by atoms with Crippen LogP contribution in [0.4, 0.5) is 0 Å². The van der Waals surface area contributed by atoms with Crippen LogP contribution in [0.2, 0.25) is 0 Å². The fourth-order valence-corrected chi connectivity index (χ4v) is 2.33. The molecular weight excluding hydrogens is 316 g/mol. The molecule has 0 atom stereocenters. The number of amides is 1. The molecule has 20 heavy (non-hydrogen) atoms. The van der Waals surface area contributed by atoms with E-state index in [1.165, 1.54) is 0 Å². The topological polar surface area (TPSA) is 55.1 Å². The molecule has 0 bridgehead atoms. The van der Waals surface area contributed by atoms with E-state index in [0.29, 0.717) is 18.7 Å². The lowest BCUT2D eigenvalue weighted by Gasteiger charge is -2.07. The van der Waals surface area contributed by atoms with Crippen molar-refractivity contribution < 1.29 is 4.79 Å². The molecule has 0 fully saturated rings. The van der Waals surface area contributed by atoms with E-state index in [9.17, 15) is 4.79 Å². The highest BCUT2D eigenvalue weighted by Crippen LogP contribution is 2.15. The maximum Gasteiger partial charge on any atom is 0.251 e. The molecule has 2 rings (SSSR count). The smallest absolute Gasteiger partial charge is 0.251 e. The Kier molecular flexibility index (Phi) is 5.32. The first-order valence-electron chi connectivity index (χ1n) is 6.51. The zero-order chi connectivity index (χ0) is 14.4. The average molecular weight is 333 g/mol. The number of rotatable bonds is 5. The Morgan fingerprint density at radius 1 is 1.10 bits per heavy atom. The van der Waals surface area contributed by atoms with Gasteiger partial charge in [-0.05, 0) is 42.3 Å². The second kappa shape index (κ2) is 7.22. The van der Waals surface area contributed by atoms with Crippen LogP contribution < -0.4 is 11.1 Å². The highest BCUT2D eigenvalue weighted by atomic mass is 79.9. The summed E-state index contributed by atoms with van der Waals surface area (Å²) in [6.07, 6.45) is 0.832. The Labute approximate surface area is 127 Å². The molecule has 0 aliphatic rings. The Balaban J connectivity index is 1.96. The minimum Gasteiger partial charge on any atom is -0.348 e. The Morgan fingerprint density at radius 3 is 2.45 bits per heavy atom. The second-order valence-electron chi connectivity index (χ2n) is 4.51. The molecule has 0 radical (unpaired) electrons. The van der Waals surface area contributed by atoms with Gasteiger partial charge in [-0.15, -0.1) is 0 Å². The lowest BCUT2D eigenvalue weighted by Crippen LogP contribution is -2.22. The van der Waals surface area contributed by atoms with Gasteiger partial charge in [0, 0.05) is 16.6 Å². The van der Waals surface area contributed by atoms with Crippen molar-refractivity contribution in [2.75, 3.05) is 6.54 Å². The number of carbonyl (C=O) groups is 1. The molecule has 0 spiro atoms. The van der Waals surface area contributed by atoms with Crippen molar-refractivity contribution in [1.82, 2.24) is 5.32 Å². The quantitative estimate of drug-likeness (QED) is 0.884. The van der Waals surface area contributed by atoms with Crippen LogP contribution in [0, 0.1) is 0 Å². The summed E-state index contributed by atoms with van der Waals surface area (Å²) in [7, 11) is 0. The number of halogens is 1. The van der Waals surface area contributed by atoms with Crippen LogP contribution >= 0.6 is 15.9 Å². The first kappa shape index (κ1) is 14.8. The fraction of sp³-hybridized carbons (Fsp3) is 0.188. The van der Waals surface area contributed by atoms with Crippen molar-refractivity contribution in [3.8, 4) is 0 Å². The molecule has 104 valence electrons. The van der Waals surface area contributed by atoms with Crippen molar-refractivity contribution in [2.24, 2.45) is 5.73 Å². The molecule has 0 aliphatic carbocycles. The van der Waals surface area contributed by atoms with Crippen molar-refractivity contribution in [3.05, 3.63) is 69.7 Å². The summed E-state index contributed by atoms with van der Waals surface area (Å²) in [5, 5.41) is 2.91. The van der Waals surface area contributed by atoms with E-state index >= 15 is 0 Å². The summed E-state index contributed by atoms with van der Waals surface area (Å²) in [4.78, 5) is 12.0. The maximum atomic E-state index is 12.0. The molecule has 0 unspecified atom stereocenters. The Hall–Kier alpha value is -1.65. The maximum absolute atomic E-state index is 12.0. The largest absolute Gasteiger partial charge is 0.348 e. The second-order valence-corrected chi connectivity index (χ2v) is 5.36. The van der Waals surface area contributed by atoms with E-state index in [-0.39, 0.29) is 5.91 Å². The van der Waals surface area contributed by atoms with Gasteiger partial charge in [0.15, 0.2) is 0 Å². The van der Waals surface area contributed by atoms with Gasteiger partial charge in [0.25, 0.3) is 5.91 Å². The van der Waals surface area contributed by atoms with Gasteiger partial charge >= 0.3 is 0 Å². The summed E-state index contributed by atoms with van der Waals surface area (Å²) >= 11 is 3.47. The molecular formula is C16H17BrN2O. The molecule has 4 heteroatoms. The normalized spacial score (nSPS) is 10.3. The number of carbonyl (C=O) groups excluding carboxylic acids is 1. The van der Waals surface area contributed by atoms with Crippen molar-refractivity contribution in [3.63, 3.8) is 0 Å². The van der Waals surface area contributed by atoms with E-state index in [1.54, 1.807) is 0 Å². The molecule has 0 saturated carbocycles. The van der Waals surface area contributed by atoms with Crippen LogP contribution in [0.25, 0.3) is 0 Å². The SMILES string of the molecule is NCCc1ccc(C(=O)NCc2ccccc2Br)cc1. The summed E-state index contributed by atoms with van der Waals surface area (Å²) in [6, 6.07) is 15.4. The number of benzene rings is 2. The van der Waals surface area contributed by atoms with E-state index in [0.717, 1.165) is 22.0 Å². The lowest BCUT2D eigenvalue weighted by molar-refractivity contribution is 0.0951. The average Bonchev–Trinajstić information content (AvgIpc) is 2.47. The molecule has 0 aromatic heterocycles. The van der Waals surface area contributed by atoms with Crippen LogP contribution in [-0.2, 0) is 13.0 Å². The summed E-state index contributed by atoms with van der Waals surface area (Å²) in [5.74, 6) is -0.0694. The molecule has 1 amide bonds. The minimum atomic E-state index is -0.0694. The van der Waals surface area contributed by atoms with Crippen LogP contribution in [0.5, 0.6) is 0 Å². The van der Waals surface area contributed by atoms with Crippen molar-refractivity contribution in [2.45, 2.75) is 13.0 Å². The van der Waals surface area contributed by atoms with Crippen LogP contribution in [-0.4, -0.2) is 12.5 Å². The monoisotopic (exact) mass is 332 g/mol. The highest BCUT2D eigenvalue weighted by molar-refractivity contribution is 9.10. The third kappa shape index (κ3) is 3.92. The Bertz CT molecular complexity index is 581. The summed E-state index contributed by atoms with van der Waals surface area (Å²) < 4.78 is 0.999. The van der Waals surface area contributed by atoms with Crippen molar-refractivity contribution >= 4 is 21.8 Å². The number of hydrogen-bond donors (Lipinski definition) is 2. The molecule has 0 heterocycles. The molecule has 0 saturated heterocycles. The highest BCUT2D eigenvalue weighted by Gasteiger charge is 2.06. The predicted octanol–water partition coefficient (Wildman–Crippen LogP) is 2.88. The predicted molar refractivity (Wildman–Crippen MR) is 84.5 cm³/mol. The van der Waals surface area contributed by atoms with Gasteiger partial charge < -0.3 is 11.1 Å². The number of hydrogen-bond acceptors (Lipinski definition) is 2.